The zero-order valence-corrected chi connectivity index (χ0v) is 10.9. The molecule has 0 amide bonds. The SMILES string of the molecule is NCc1ccc(N2CC=C(C(F)(F)F)CC2)c(Cl)c1. The molecule has 1 aliphatic heterocycles. The van der Waals surface area contributed by atoms with Crippen molar-refractivity contribution in [3.63, 3.8) is 0 Å². The van der Waals surface area contributed by atoms with Gasteiger partial charge >= 0.3 is 6.18 Å². The zero-order chi connectivity index (χ0) is 14.0. The highest BCUT2D eigenvalue weighted by Gasteiger charge is 2.34. The fourth-order valence-corrected chi connectivity index (χ4v) is 2.40. The van der Waals surface area contributed by atoms with Gasteiger partial charge in [0.05, 0.1) is 10.7 Å². The lowest BCUT2D eigenvalue weighted by Crippen LogP contribution is -2.32. The molecule has 0 radical (unpaired) electrons. The van der Waals surface area contributed by atoms with Crippen molar-refractivity contribution < 1.29 is 13.2 Å². The first kappa shape index (κ1) is 14.2. The Bertz CT molecular complexity index is 497. The van der Waals surface area contributed by atoms with Crippen LogP contribution >= 0.6 is 11.6 Å². The third-order valence-electron chi connectivity index (χ3n) is 3.16. The standard InChI is InChI=1S/C13H14ClF3N2/c14-11-7-9(8-18)1-2-12(11)19-5-3-10(4-6-19)13(15,16)17/h1-3,7H,4-6,8,18H2. The summed E-state index contributed by atoms with van der Waals surface area (Å²) in [5, 5.41) is 0.520. The van der Waals surface area contributed by atoms with Crippen LogP contribution in [0.1, 0.15) is 12.0 Å². The molecule has 2 rings (SSSR count). The zero-order valence-electron chi connectivity index (χ0n) is 10.2. The van der Waals surface area contributed by atoms with Gasteiger partial charge in [-0.05, 0) is 24.1 Å². The summed E-state index contributed by atoms with van der Waals surface area (Å²) in [4.78, 5) is 1.83. The second kappa shape index (κ2) is 5.43. The highest BCUT2D eigenvalue weighted by molar-refractivity contribution is 6.33. The summed E-state index contributed by atoms with van der Waals surface area (Å²) in [6.45, 7) is 0.918. The van der Waals surface area contributed by atoms with Crippen LogP contribution in [0.3, 0.4) is 0 Å². The Labute approximate surface area is 114 Å². The van der Waals surface area contributed by atoms with E-state index in [-0.39, 0.29) is 13.0 Å². The van der Waals surface area contributed by atoms with E-state index < -0.39 is 11.7 Å². The average molecular weight is 291 g/mol. The van der Waals surface area contributed by atoms with E-state index in [0.717, 1.165) is 11.3 Å². The summed E-state index contributed by atoms with van der Waals surface area (Å²) in [5.74, 6) is 0. The molecule has 0 spiro atoms. The maximum Gasteiger partial charge on any atom is 0.412 e. The minimum absolute atomic E-state index is 0.0154. The minimum Gasteiger partial charge on any atom is -0.366 e. The Morgan fingerprint density at radius 2 is 2.05 bits per heavy atom. The third-order valence-corrected chi connectivity index (χ3v) is 3.46. The van der Waals surface area contributed by atoms with Crippen molar-refractivity contribution in [2.45, 2.75) is 19.1 Å². The summed E-state index contributed by atoms with van der Waals surface area (Å²) in [6.07, 6.45) is -3.02. The Balaban J connectivity index is 2.16. The van der Waals surface area contributed by atoms with Crippen molar-refractivity contribution in [1.29, 1.82) is 0 Å². The number of rotatable bonds is 2. The predicted molar refractivity (Wildman–Crippen MR) is 70.3 cm³/mol. The van der Waals surface area contributed by atoms with Crippen LogP contribution in [0.15, 0.2) is 29.8 Å². The van der Waals surface area contributed by atoms with Gasteiger partial charge in [-0.25, -0.2) is 0 Å². The van der Waals surface area contributed by atoms with E-state index >= 15 is 0 Å². The van der Waals surface area contributed by atoms with Gasteiger partial charge < -0.3 is 10.6 Å². The summed E-state index contributed by atoms with van der Waals surface area (Å²) in [5.41, 5.74) is 6.69. The normalized spacial score (nSPS) is 16.5. The quantitative estimate of drug-likeness (QED) is 0.845. The van der Waals surface area contributed by atoms with E-state index in [4.69, 9.17) is 17.3 Å². The molecule has 0 bridgehead atoms. The molecule has 0 fully saturated rings. The van der Waals surface area contributed by atoms with Gasteiger partial charge in [0.25, 0.3) is 0 Å². The second-order valence-corrected chi connectivity index (χ2v) is 4.82. The molecule has 104 valence electrons. The minimum atomic E-state index is -4.22. The second-order valence-electron chi connectivity index (χ2n) is 4.41. The van der Waals surface area contributed by atoms with Crippen molar-refractivity contribution in [3.05, 3.63) is 40.4 Å². The molecule has 2 N–H and O–H groups in total. The van der Waals surface area contributed by atoms with Gasteiger partial charge in [0.15, 0.2) is 0 Å². The molecule has 0 atom stereocenters. The van der Waals surface area contributed by atoms with Crippen molar-refractivity contribution >= 4 is 17.3 Å². The number of alkyl halides is 3. The van der Waals surface area contributed by atoms with Gasteiger partial charge in [-0.2, -0.15) is 13.2 Å². The largest absolute Gasteiger partial charge is 0.412 e. The smallest absolute Gasteiger partial charge is 0.366 e. The number of nitrogens with zero attached hydrogens (tertiary/aromatic N) is 1. The third kappa shape index (κ3) is 3.22. The number of benzene rings is 1. The van der Waals surface area contributed by atoms with Gasteiger partial charge in [-0.3, -0.25) is 0 Å². The molecule has 0 saturated heterocycles. The Morgan fingerprint density at radius 3 is 2.53 bits per heavy atom. The molecular formula is C13H14ClF3N2. The van der Waals surface area contributed by atoms with Crippen LogP contribution in [-0.2, 0) is 6.54 Å². The van der Waals surface area contributed by atoms with Gasteiger partial charge in [0.1, 0.15) is 0 Å². The Kier molecular flexibility index (Phi) is 4.06. The number of hydrogen-bond acceptors (Lipinski definition) is 2. The van der Waals surface area contributed by atoms with E-state index in [2.05, 4.69) is 0 Å². The fraction of sp³-hybridized carbons (Fsp3) is 0.385. The highest BCUT2D eigenvalue weighted by Crippen LogP contribution is 2.33. The first-order valence-corrected chi connectivity index (χ1v) is 6.29. The maximum atomic E-state index is 12.5. The number of hydrogen-bond donors (Lipinski definition) is 1. The van der Waals surface area contributed by atoms with Gasteiger partial charge in [-0.15, -0.1) is 0 Å². The molecule has 1 heterocycles. The number of nitrogens with two attached hydrogens (primary N) is 1. The van der Waals surface area contributed by atoms with E-state index in [1.54, 1.807) is 12.1 Å². The average Bonchev–Trinajstić information content (AvgIpc) is 2.37. The van der Waals surface area contributed by atoms with Crippen LogP contribution in [0.25, 0.3) is 0 Å². The predicted octanol–water partition coefficient (Wildman–Crippen LogP) is 3.50. The van der Waals surface area contributed by atoms with Crippen molar-refractivity contribution in [2.24, 2.45) is 5.73 Å². The number of halogens is 4. The van der Waals surface area contributed by atoms with Crippen molar-refractivity contribution in [3.8, 4) is 0 Å². The molecule has 1 aromatic carbocycles. The molecule has 0 aromatic heterocycles. The summed E-state index contributed by atoms with van der Waals surface area (Å²) >= 11 is 6.13. The van der Waals surface area contributed by atoms with Crippen LogP contribution in [-0.4, -0.2) is 19.3 Å². The molecule has 19 heavy (non-hydrogen) atoms. The van der Waals surface area contributed by atoms with E-state index in [1.165, 1.54) is 6.08 Å². The lowest BCUT2D eigenvalue weighted by Gasteiger charge is -2.30. The summed E-state index contributed by atoms with van der Waals surface area (Å²) in [7, 11) is 0. The molecular weight excluding hydrogens is 277 g/mol. The van der Waals surface area contributed by atoms with Crippen LogP contribution < -0.4 is 10.6 Å². The monoisotopic (exact) mass is 290 g/mol. The first-order valence-electron chi connectivity index (χ1n) is 5.91. The lowest BCUT2D eigenvalue weighted by atomic mass is 10.1. The lowest BCUT2D eigenvalue weighted by molar-refractivity contribution is -0.0943. The summed E-state index contributed by atoms with van der Waals surface area (Å²) in [6, 6.07) is 5.39. The summed E-state index contributed by atoms with van der Waals surface area (Å²) < 4.78 is 37.6. The van der Waals surface area contributed by atoms with Gasteiger partial charge in [0.2, 0.25) is 0 Å². The first-order chi connectivity index (χ1) is 8.91. The molecule has 1 aromatic rings. The highest BCUT2D eigenvalue weighted by atomic mass is 35.5. The maximum absolute atomic E-state index is 12.5. The molecule has 2 nitrogen and oxygen atoms in total. The van der Waals surface area contributed by atoms with E-state index in [9.17, 15) is 13.2 Å². The van der Waals surface area contributed by atoms with Crippen LogP contribution in [0.2, 0.25) is 5.02 Å². The molecule has 0 saturated carbocycles. The van der Waals surface area contributed by atoms with Crippen LogP contribution in [0.5, 0.6) is 0 Å². The molecule has 0 aliphatic carbocycles. The van der Waals surface area contributed by atoms with Gasteiger partial charge in [-0.1, -0.05) is 23.7 Å². The molecule has 0 unspecified atom stereocenters. The fourth-order valence-electron chi connectivity index (χ4n) is 2.08. The van der Waals surface area contributed by atoms with Gasteiger partial charge in [0, 0.05) is 25.2 Å². The van der Waals surface area contributed by atoms with E-state index in [0.29, 0.717) is 18.1 Å². The van der Waals surface area contributed by atoms with Crippen LogP contribution in [0, 0.1) is 0 Å². The van der Waals surface area contributed by atoms with Crippen molar-refractivity contribution in [2.75, 3.05) is 18.0 Å². The van der Waals surface area contributed by atoms with Crippen LogP contribution in [0.4, 0.5) is 18.9 Å². The number of anilines is 1. The Morgan fingerprint density at radius 1 is 1.32 bits per heavy atom. The Hall–Kier alpha value is -1.20. The topological polar surface area (TPSA) is 29.3 Å². The molecule has 1 aliphatic rings. The molecule has 6 heteroatoms. The van der Waals surface area contributed by atoms with Crippen molar-refractivity contribution in [1.82, 2.24) is 0 Å². The van der Waals surface area contributed by atoms with E-state index in [1.807, 2.05) is 11.0 Å².